The van der Waals surface area contributed by atoms with E-state index in [1.165, 1.54) is 17.8 Å². The summed E-state index contributed by atoms with van der Waals surface area (Å²) in [4.78, 5) is 12.9. The van der Waals surface area contributed by atoms with Crippen LogP contribution in [0.25, 0.3) is 5.69 Å². The second-order valence-corrected chi connectivity index (χ2v) is 6.82. The Balaban J connectivity index is 1.55. The first-order chi connectivity index (χ1) is 15.1. The van der Waals surface area contributed by atoms with Crippen molar-refractivity contribution < 1.29 is 15.0 Å². The fourth-order valence-corrected chi connectivity index (χ4v) is 3.25. The SMILES string of the molecule is [B][B]c1cc(O)n(-c2ccccc2C(=O)Nc2ccc(Nc3ccccc3)cc2)c1O. The summed E-state index contributed by atoms with van der Waals surface area (Å²) in [5, 5.41) is 26.7. The monoisotopic (exact) mass is 406 g/mol. The highest BCUT2D eigenvalue weighted by Gasteiger charge is 2.19. The number of nitrogens with zero attached hydrogens (tertiary/aromatic N) is 1. The van der Waals surface area contributed by atoms with Gasteiger partial charge in [-0.05, 0) is 60.1 Å². The fourth-order valence-electron chi connectivity index (χ4n) is 3.25. The molecule has 8 heteroatoms. The van der Waals surface area contributed by atoms with Crippen molar-refractivity contribution in [1.82, 2.24) is 4.57 Å². The van der Waals surface area contributed by atoms with E-state index in [0.717, 1.165) is 11.4 Å². The Morgan fingerprint density at radius 3 is 2.13 bits per heavy atom. The van der Waals surface area contributed by atoms with E-state index in [1.807, 2.05) is 42.5 Å². The maximum absolute atomic E-state index is 12.9. The maximum atomic E-state index is 12.9. The Hall–Kier alpha value is -4.06. The summed E-state index contributed by atoms with van der Waals surface area (Å²) in [7, 11) is 6.66. The van der Waals surface area contributed by atoms with Crippen molar-refractivity contribution in [2.24, 2.45) is 0 Å². The largest absolute Gasteiger partial charge is 0.495 e. The molecule has 0 aliphatic rings. The molecular formula is C23H18B2N3O3. The Morgan fingerprint density at radius 2 is 1.45 bits per heavy atom. The minimum Gasteiger partial charge on any atom is -0.495 e. The molecule has 31 heavy (non-hydrogen) atoms. The predicted octanol–water partition coefficient (Wildman–Crippen LogP) is 3.30. The van der Waals surface area contributed by atoms with Gasteiger partial charge in [-0.2, -0.15) is 0 Å². The molecule has 0 aliphatic carbocycles. The van der Waals surface area contributed by atoms with Crippen LogP contribution in [0.5, 0.6) is 11.8 Å². The molecule has 3 radical (unpaired) electrons. The van der Waals surface area contributed by atoms with E-state index in [2.05, 4.69) is 10.6 Å². The first-order valence-corrected chi connectivity index (χ1v) is 9.58. The average molecular weight is 406 g/mol. The van der Waals surface area contributed by atoms with Crippen LogP contribution in [0.2, 0.25) is 0 Å². The number of hydrogen-bond acceptors (Lipinski definition) is 4. The number of hydrogen-bond donors (Lipinski definition) is 4. The van der Waals surface area contributed by atoms with Crippen molar-refractivity contribution in [2.75, 3.05) is 10.6 Å². The zero-order valence-electron chi connectivity index (χ0n) is 16.5. The zero-order valence-corrected chi connectivity index (χ0v) is 16.5. The number of carbonyl (C=O) groups is 1. The minimum absolute atomic E-state index is 0.231. The molecule has 0 atom stereocenters. The highest BCUT2D eigenvalue weighted by Crippen LogP contribution is 2.28. The summed E-state index contributed by atoms with van der Waals surface area (Å²) in [6.45, 7) is 0. The van der Waals surface area contributed by atoms with Crippen LogP contribution in [0.4, 0.5) is 17.1 Å². The number of aromatic hydroxyl groups is 2. The molecule has 0 bridgehead atoms. The summed E-state index contributed by atoms with van der Waals surface area (Å²) in [5.41, 5.74) is 3.32. The van der Waals surface area contributed by atoms with Crippen molar-refractivity contribution in [3.8, 4) is 17.4 Å². The van der Waals surface area contributed by atoms with E-state index in [1.54, 1.807) is 36.4 Å². The summed E-state index contributed by atoms with van der Waals surface area (Å²) in [5.74, 6) is -0.868. The molecule has 6 nitrogen and oxygen atoms in total. The van der Waals surface area contributed by atoms with Crippen LogP contribution in [0.3, 0.4) is 0 Å². The Kier molecular flexibility index (Phi) is 5.71. The van der Waals surface area contributed by atoms with Gasteiger partial charge in [-0.3, -0.25) is 9.36 Å². The third kappa shape index (κ3) is 4.28. The molecule has 0 saturated carbocycles. The van der Waals surface area contributed by atoms with E-state index in [-0.39, 0.29) is 28.7 Å². The lowest BCUT2D eigenvalue weighted by Gasteiger charge is -2.13. The number of rotatable bonds is 6. The number of anilines is 3. The molecule has 0 saturated heterocycles. The van der Waals surface area contributed by atoms with Crippen molar-refractivity contribution in [2.45, 2.75) is 0 Å². The average Bonchev–Trinajstić information content (AvgIpc) is 3.08. The molecule has 1 amide bonds. The van der Waals surface area contributed by atoms with E-state index in [9.17, 15) is 15.0 Å². The quantitative estimate of drug-likeness (QED) is 0.371. The lowest BCUT2D eigenvalue weighted by molar-refractivity contribution is 0.102. The van der Waals surface area contributed by atoms with Crippen molar-refractivity contribution in [1.29, 1.82) is 0 Å². The van der Waals surface area contributed by atoms with Gasteiger partial charge >= 0.3 is 0 Å². The van der Waals surface area contributed by atoms with E-state index in [4.69, 9.17) is 7.74 Å². The molecule has 1 heterocycles. The van der Waals surface area contributed by atoms with E-state index in [0.29, 0.717) is 11.4 Å². The zero-order chi connectivity index (χ0) is 21.8. The second kappa shape index (κ2) is 8.75. The van der Waals surface area contributed by atoms with Gasteiger partial charge in [0.25, 0.3) is 5.91 Å². The van der Waals surface area contributed by atoms with Gasteiger partial charge in [-0.1, -0.05) is 30.3 Å². The molecule has 0 unspecified atom stereocenters. The van der Waals surface area contributed by atoms with E-state index < -0.39 is 0 Å². The van der Waals surface area contributed by atoms with Crippen LogP contribution in [-0.4, -0.2) is 35.6 Å². The van der Waals surface area contributed by atoms with Crippen molar-refractivity contribution in [3.63, 3.8) is 0 Å². The molecule has 4 aromatic rings. The lowest BCUT2D eigenvalue weighted by atomic mass is 9.52. The standard InChI is InChI=1S/C23H18B2N3O3/c24-25-19-14-21(29)28(23(19)31)20-9-5-4-8-18(20)22(30)27-17-12-10-16(11-13-17)26-15-6-2-1-3-7-15/h1-14,26,29,31H,(H,27,30). The third-order valence-electron chi connectivity index (χ3n) is 4.76. The topological polar surface area (TPSA) is 86.5 Å². The highest BCUT2D eigenvalue weighted by molar-refractivity contribution is 6.98. The molecule has 4 rings (SSSR count). The van der Waals surface area contributed by atoms with Gasteiger partial charge in [0.1, 0.15) is 7.17 Å². The number of para-hydroxylation sites is 2. The number of benzene rings is 3. The van der Waals surface area contributed by atoms with Crippen LogP contribution in [0.1, 0.15) is 10.4 Å². The summed E-state index contributed by atoms with van der Waals surface area (Å²) < 4.78 is 1.17. The fraction of sp³-hybridized carbons (Fsp3) is 0. The van der Waals surface area contributed by atoms with Crippen molar-refractivity contribution >= 4 is 43.3 Å². The van der Waals surface area contributed by atoms with Gasteiger partial charge in [-0.25, -0.2) is 0 Å². The van der Waals surface area contributed by atoms with Crippen molar-refractivity contribution in [3.05, 3.63) is 90.5 Å². The van der Waals surface area contributed by atoms with Crippen LogP contribution in [0, 0.1) is 0 Å². The number of carbonyl (C=O) groups excluding carboxylic acids is 1. The molecule has 3 aromatic carbocycles. The summed E-state index contributed by atoms with van der Waals surface area (Å²) in [6.07, 6.45) is 0. The Bertz CT molecular complexity index is 1210. The normalized spacial score (nSPS) is 10.5. The Labute approximate surface area is 181 Å². The molecule has 0 aliphatic heterocycles. The number of aromatic nitrogens is 1. The van der Waals surface area contributed by atoms with Gasteiger partial charge in [-0.15, -0.1) is 0 Å². The third-order valence-corrected chi connectivity index (χ3v) is 4.76. The Morgan fingerprint density at radius 1 is 0.839 bits per heavy atom. The van der Waals surface area contributed by atoms with Gasteiger partial charge in [0, 0.05) is 24.8 Å². The summed E-state index contributed by atoms with van der Waals surface area (Å²) >= 11 is 0. The lowest BCUT2D eigenvalue weighted by Crippen LogP contribution is -2.16. The maximum Gasteiger partial charge on any atom is 0.257 e. The first kappa shape index (κ1) is 20.2. The highest BCUT2D eigenvalue weighted by atomic mass is 16.3. The molecule has 149 valence electrons. The van der Waals surface area contributed by atoms with Gasteiger partial charge in [0.15, 0.2) is 11.8 Å². The van der Waals surface area contributed by atoms with Crippen LogP contribution in [0.15, 0.2) is 84.9 Å². The van der Waals surface area contributed by atoms with Crippen LogP contribution >= 0.6 is 0 Å². The predicted molar refractivity (Wildman–Crippen MR) is 124 cm³/mol. The van der Waals surface area contributed by atoms with Crippen LogP contribution < -0.4 is 16.1 Å². The number of nitrogens with one attached hydrogen (secondary N) is 2. The molecule has 0 fully saturated rings. The molecule has 4 N–H and O–H groups in total. The number of amides is 1. The van der Waals surface area contributed by atoms with Crippen LogP contribution in [-0.2, 0) is 0 Å². The molecule has 1 aromatic heterocycles. The van der Waals surface area contributed by atoms with Gasteiger partial charge < -0.3 is 20.8 Å². The molecule has 0 spiro atoms. The minimum atomic E-state index is -0.384. The first-order valence-electron chi connectivity index (χ1n) is 9.58. The second-order valence-electron chi connectivity index (χ2n) is 6.82. The van der Waals surface area contributed by atoms with Gasteiger partial charge in [0.2, 0.25) is 0 Å². The van der Waals surface area contributed by atoms with E-state index >= 15 is 0 Å². The van der Waals surface area contributed by atoms with Gasteiger partial charge in [0.05, 0.1) is 11.3 Å². The smallest absolute Gasteiger partial charge is 0.257 e. The molecular weight excluding hydrogens is 388 g/mol. The summed E-state index contributed by atoms with van der Waals surface area (Å²) in [6, 6.07) is 25.1.